The summed E-state index contributed by atoms with van der Waals surface area (Å²) < 4.78 is 0. The zero-order valence-electron chi connectivity index (χ0n) is 13.9. The Morgan fingerprint density at radius 3 is 1.85 bits per heavy atom. The van der Waals surface area contributed by atoms with Crippen LogP contribution in [0, 0.1) is 0 Å². The molecule has 1 atom stereocenters. The lowest BCUT2D eigenvalue weighted by molar-refractivity contribution is 0.0810. The minimum absolute atomic E-state index is 0.676. The first-order valence-electron chi connectivity index (χ1n) is 9.30. The Bertz CT molecular complexity index is 224. The van der Waals surface area contributed by atoms with Crippen LogP contribution in [0.3, 0.4) is 0 Å². The second kappa shape index (κ2) is 9.04. The third-order valence-electron chi connectivity index (χ3n) is 5.56. The number of nitrogens with one attached hydrogen (secondary N) is 1. The van der Waals surface area contributed by atoms with Crippen LogP contribution in [0.1, 0.15) is 84.5 Å². The second-order valence-electron chi connectivity index (χ2n) is 7.08. The van der Waals surface area contributed by atoms with Crippen LogP contribution in [0.2, 0.25) is 0 Å². The molecule has 2 saturated carbocycles. The van der Waals surface area contributed by atoms with Gasteiger partial charge in [-0.15, -0.1) is 0 Å². The second-order valence-corrected chi connectivity index (χ2v) is 7.08. The molecule has 0 saturated heterocycles. The van der Waals surface area contributed by atoms with Crippen LogP contribution >= 0.6 is 0 Å². The van der Waals surface area contributed by atoms with E-state index in [2.05, 4.69) is 24.1 Å². The summed E-state index contributed by atoms with van der Waals surface area (Å²) in [4.78, 5) is 2.91. The van der Waals surface area contributed by atoms with E-state index in [1.165, 1.54) is 83.7 Å². The van der Waals surface area contributed by atoms with Crippen LogP contribution < -0.4 is 5.32 Å². The first kappa shape index (κ1) is 16.3. The van der Waals surface area contributed by atoms with E-state index in [0.29, 0.717) is 6.04 Å². The normalized spacial score (nSPS) is 24.1. The molecule has 1 unspecified atom stereocenters. The van der Waals surface area contributed by atoms with Crippen molar-refractivity contribution in [1.29, 1.82) is 0 Å². The molecule has 0 aliphatic heterocycles. The predicted octanol–water partition coefficient (Wildman–Crippen LogP) is 4.34. The van der Waals surface area contributed by atoms with Crippen LogP contribution in [-0.4, -0.2) is 36.1 Å². The van der Waals surface area contributed by atoms with Crippen molar-refractivity contribution >= 4 is 0 Å². The summed E-state index contributed by atoms with van der Waals surface area (Å²) in [5, 5.41) is 3.70. The van der Waals surface area contributed by atoms with Crippen LogP contribution in [0.25, 0.3) is 0 Å². The standard InChI is InChI=1S/C18H36N2/c1-3-16(2)19-14-15-20(17-10-6-4-7-11-17)18-12-8-5-9-13-18/h16-19H,3-15H2,1-2H3. The van der Waals surface area contributed by atoms with Crippen molar-refractivity contribution in [3.63, 3.8) is 0 Å². The topological polar surface area (TPSA) is 15.3 Å². The molecule has 0 aromatic rings. The molecule has 2 aliphatic rings. The molecule has 0 aromatic carbocycles. The van der Waals surface area contributed by atoms with Gasteiger partial charge in [0.15, 0.2) is 0 Å². The first-order valence-corrected chi connectivity index (χ1v) is 9.30. The number of hydrogen-bond donors (Lipinski definition) is 1. The zero-order chi connectivity index (χ0) is 14.2. The lowest BCUT2D eigenvalue weighted by Crippen LogP contribution is -2.48. The third kappa shape index (κ3) is 5.04. The molecule has 0 spiro atoms. The molecule has 0 aromatic heterocycles. The smallest absolute Gasteiger partial charge is 0.0113 e. The average molecular weight is 280 g/mol. The Hall–Kier alpha value is -0.0800. The summed E-state index contributed by atoms with van der Waals surface area (Å²) in [7, 11) is 0. The molecule has 0 heterocycles. The summed E-state index contributed by atoms with van der Waals surface area (Å²) in [6, 6.07) is 2.46. The van der Waals surface area contributed by atoms with Crippen LogP contribution in [0.4, 0.5) is 0 Å². The SMILES string of the molecule is CCC(C)NCCN(C1CCCCC1)C1CCCCC1. The van der Waals surface area contributed by atoms with E-state index in [4.69, 9.17) is 0 Å². The van der Waals surface area contributed by atoms with Gasteiger partial charge in [0.1, 0.15) is 0 Å². The van der Waals surface area contributed by atoms with Gasteiger partial charge in [-0.1, -0.05) is 45.4 Å². The molecule has 118 valence electrons. The van der Waals surface area contributed by atoms with Crippen molar-refractivity contribution in [2.75, 3.05) is 13.1 Å². The Kier molecular flexibility index (Phi) is 7.37. The van der Waals surface area contributed by atoms with Gasteiger partial charge >= 0.3 is 0 Å². The van der Waals surface area contributed by atoms with Crippen molar-refractivity contribution in [2.24, 2.45) is 0 Å². The Morgan fingerprint density at radius 2 is 1.40 bits per heavy atom. The first-order chi connectivity index (χ1) is 9.81. The third-order valence-corrected chi connectivity index (χ3v) is 5.56. The highest BCUT2D eigenvalue weighted by Crippen LogP contribution is 2.29. The van der Waals surface area contributed by atoms with Crippen LogP contribution in [-0.2, 0) is 0 Å². The number of nitrogens with zero attached hydrogens (tertiary/aromatic N) is 1. The Morgan fingerprint density at radius 1 is 0.900 bits per heavy atom. The summed E-state index contributed by atoms with van der Waals surface area (Å²) in [5.74, 6) is 0. The van der Waals surface area contributed by atoms with E-state index >= 15 is 0 Å². The van der Waals surface area contributed by atoms with Gasteiger partial charge in [-0.05, 0) is 39.0 Å². The van der Waals surface area contributed by atoms with Gasteiger partial charge in [0.2, 0.25) is 0 Å². The van der Waals surface area contributed by atoms with E-state index in [9.17, 15) is 0 Å². The fourth-order valence-electron chi connectivity index (χ4n) is 4.07. The van der Waals surface area contributed by atoms with Gasteiger partial charge in [0, 0.05) is 31.2 Å². The molecule has 1 N–H and O–H groups in total. The quantitative estimate of drug-likeness (QED) is 0.746. The molecule has 0 amide bonds. The fraction of sp³-hybridized carbons (Fsp3) is 1.00. The van der Waals surface area contributed by atoms with E-state index in [1.807, 2.05) is 0 Å². The lowest BCUT2D eigenvalue weighted by Gasteiger charge is -2.42. The van der Waals surface area contributed by atoms with Crippen molar-refractivity contribution in [3.8, 4) is 0 Å². The van der Waals surface area contributed by atoms with Gasteiger partial charge in [-0.25, -0.2) is 0 Å². The van der Waals surface area contributed by atoms with E-state index in [-0.39, 0.29) is 0 Å². The molecule has 20 heavy (non-hydrogen) atoms. The van der Waals surface area contributed by atoms with Gasteiger partial charge in [0.05, 0.1) is 0 Å². The average Bonchev–Trinajstić information content (AvgIpc) is 2.53. The zero-order valence-corrected chi connectivity index (χ0v) is 13.9. The number of hydrogen-bond acceptors (Lipinski definition) is 2. The highest BCUT2D eigenvalue weighted by atomic mass is 15.2. The molecular formula is C18H36N2. The van der Waals surface area contributed by atoms with Gasteiger partial charge < -0.3 is 5.32 Å². The summed E-state index contributed by atoms with van der Waals surface area (Å²) in [5.41, 5.74) is 0. The van der Waals surface area contributed by atoms with Gasteiger partial charge in [0.25, 0.3) is 0 Å². The monoisotopic (exact) mass is 280 g/mol. The van der Waals surface area contributed by atoms with Crippen molar-refractivity contribution in [3.05, 3.63) is 0 Å². The maximum atomic E-state index is 3.70. The Balaban J connectivity index is 1.84. The van der Waals surface area contributed by atoms with Gasteiger partial charge in [-0.3, -0.25) is 4.90 Å². The minimum Gasteiger partial charge on any atom is -0.313 e. The highest BCUT2D eigenvalue weighted by molar-refractivity contribution is 4.84. The summed E-state index contributed by atoms with van der Waals surface area (Å²) >= 11 is 0. The van der Waals surface area contributed by atoms with Crippen molar-refractivity contribution in [1.82, 2.24) is 10.2 Å². The summed E-state index contributed by atoms with van der Waals surface area (Å²) in [6.07, 6.45) is 15.9. The van der Waals surface area contributed by atoms with E-state index < -0.39 is 0 Å². The van der Waals surface area contributed by atoms with Crippen LogP contribution in [0.5, 0.6) is 0 Å². The molecular weight excluding hydrogens is 244 g/mol. The van der Waals surface area contributed by atoms with Crippen LogP contribution in [0.15, 0.2) is 0 Å². The highest BCUT2D eigenvalue weighted by Gasteiger charge is 2.28. The minimum atomic E-state index is 0.676. The largest absolute Gasteiger partial charge is 0.313 e. The van der Waals surface area contributed by atoms with Crippen molar-refractivity contribution in [2.45, 2.75) is 103 Å². The lowest BCUT2D eigenvalue weighted by atomic mass is 9.88. The molecule has 2 fully saturated rings. The maximum absolute atomic E-state index is 3.70. The molecule has 2 aliphatic carbocycles. The Labute approximate surface area is 126 Å². The molecule has 0 bridgehead atoms. The predicted molar refractivity (Wildman–Crippen MR) is 88.2 cm³/mol. The molecule has 2 rings (SSSR count). The van der Waals surface area contributed by atoms with E-state index in [0.717, 1.165) is 12.1 Å². The molecule has 2 nitrogen and oxygen atoms in total. The molecule has 0 radical (unpaired) electrons. The number of rotatable bonds is 7. The maximum Gasteiger partial charge on any atom is 0.0113 e. The fourth-order valence-corrected chi connectivity index (χ4v) is 4.07. The van der Waals surface area contributed by atoms with Gasteiger partial charge in [-0.2, -0.15) is 0 Å². The summed E-state index contributed by atoms with van der Waals surface area (Å²) in [6.45, 7) is 7.05. The van der Waals surface area contributed by atoms with Crippen molar-refractivity contribution < 1.29 is 0 Å². The van der Waals surface area contributed by atoms with E-state index in [1.54, 1.807) is 0 Å². The molecule has 2 heteroatoms.